The number of methoxy groups -OCH3 is 3. The number of aromatic hydroxyl groups is 4. The third-order valence-corrected chi connectivity index (χ3v) is 25.0. The van der Waals surface area contributed by atoms with Crippen LogP contribution < -0.4 is 59.0 Å². The Hall–Kier alpha value is -15.7. The minimum atomic E-state index is -4.52. The number of benzene rings is 11. The van der Waals surface area contributed by atoms with Gasteiger partial charge < -0.3 is 56.9 Å². The number of nitrogens with zero attached hydrogens (tertiary/aromatic N) is 4. The van der Waals surface area contributed by atoms with E-state index in [4.69, 9.17) is 31.9 Å². The number of halogens is 7. The van der Waals surface area contributed by atoms with Crippen LogP contribution in [0.25, 0.3) is 105 Å². The van der Waals surface area contributed by atoms with Crippen molar-refractivity contribution in [2.75, 3.05) is 21.3 Å². The molecule has 23 nitrogen and oxygen atoms in total. The lowest BCUT2D eigenvalue weighted by Crippen LogP contribution is -2.23. The smallest absolute Gasteiger partial charge is 0.416 e. The Balaban J connectivity index is 0.000000131. The topological polar surface area (TPSA) is 317 Å². The van der Waals surface area contributed by atoms with E-state index in [9.17, 15) is 85.1 Å². The van der Waals surface area contributed by atoms with E-state index in [0.717, 1.165) is 34.4 Å². The lowest BCUT2D eigenvalue weighted by atomic mass is 10.0. The van der Waals surface area contributed by atoms with E-state index < -0.39 is 96.9 Å². The third-order valence-electron chi connectivity index (χ3n) is 21.3. The maximum Gasteiger partial charge on any atom is 0.416 e. The Kier molecular flexibility index (Phi) is 26.2. The molecule has 11 aromatic carbocycles. The van der Waals surface area contributed by atoms with Crippen LogP contribution in [0.4, 0.5) is 26.3 Å². The lowest BCUT2D eigenvalue weighted by molar-refractivity contribution is -0.137. The molecule has 0 bridgehead atoms. The third kappa shape index (κ3) is 18.2. The molecule has 672 valence electrons. The number of rotatable bonds is 16. The summed E-state index contributed by atoms with van der Waals surface area (Å²) < 4.78 is 125. The zero-order valence-corrected chi connectivity index (χ0v) is 74.4. The fourth-order valence-electron chi connectivity index (χ4n) is 15.2. The molecule has 134 heavy (non-hydrogen) atoms. The molecule has 4 N–H and O–H groups in total. The van der Waals surface area contributed by atoms with Crippen molar-refractivity contribution in [3.63, 3.8) is 0 Å². The summed E-state index contributed by atoms with van der Waals surface area (Å²) in [5.41, 5.74) is -0.849. The average molecular weight is 1930 g/mol. The zero-order valence-electron chi connectivity index (χ0n) is 70.3. The van der Waals surface area contributed by atoms with Crippen molar-refractivity contribution in [2.24, 2.45) is 0 Å². The van der Waals surface area contributed by atoms with Crippen LogP contribution in [0.3, 0.4) is 0 Å². The van der Waals surface area contributed by atoms with Gasteiger partial charge in [-0.25, -0.2) is 32.3 Å². The maximum absolute atomic E-state index is 14.2. The van der Waals surface area contributed by atoms with Crippen molar-refractivity contribution in [1.29, 1.82) is 0 Å². The minimum absolute atomic E-state index is 0.0107. The SMILES string of the molecule is COc1ccc2c3oc(=O)c(Sc4ccccc4F)c(O)c3c(=O)n(Cc3cccc(F)c3)c2c1.COc1cccc(-n2c(-c3ccccc3)c(C)c3oc(=O)c(Sc4ccc(C(F)(F)F)cc4)c(O)c3c2=O)c1.COc1cccc(-n2c(=O)c3c(O)c(Sc4cccc(Br)c4)c(=O)oc3c3ccccc32)c1.Cc1c(-c2ccccc2)n(-c2cccc(F)c2)c(=O)c2c(O)cc(=O)oc12. The average Bonchev–Trinajstić information content (AvgIpc) is 0.736. The van der Waals surface area contributed by atoms with E-state index >= 15 is 0 Å². The molecular formula is C101H67BrF6N4O19S3. The molecule has 0 amide bonds. The number of pyridine rings is 4. The highest BCUT2D eigenvalue weighted by molar-refractivity contribution is 9.10. The van der Waals surface area contributed by atoms with Crippen molar-refractivity contribution in [3.8, 4) is 79.8 Å². The van der Waals surface area contributed by atoms with Gasteiger partial charge in [-0.2, -0.15) is 13.2 Å². The second-order valence-electron chi connectivity index (χ2n) is 29.6. The number of fused-ring (bicyclic) bond motifs is 8. The van der Waals surface area contributed by atoms with Gasteiger partial charge in [-0.15, -0.1) is 0 Å². The maximum atomic E-state index is 14.2. The molecule has 0 spiro atoms. The quantitative estimate of drug-likeness (QED) is 0.0516. The number of ether oxygens (including phenoxy) is 3. The summed E-state index contributed by atoms with van der Waals surface area (Å²) in [7, 11) is 4.51. The first-order valence-electron chi connectivity index (χ1n) is 40.1. The van der Waals surface area contributed by atoms with Gasteiger partial charge in [-0.1, -0.05) is 173 Å². The van der Waals surface area contributed by atoms with Gasteiger partial charge in [-0.05, 0) is 164 Å². The summed E-state index contributed by atoms with van der Waals surface area (Å²) in [6.45, 7) is 3.33. The Morgan fingerprint density at radius 1 is 0.388 bits per heavy atom. The molecule has 0 unspecified atom stereocenters. The van der Waals surface area contributed by atoms with Crippen molar-refractivity contribution in [1.82, 2.24) is 18.3 Å². The molecule has 0 radical (unpaired) electrons. The van der Waals surface area contributed by atoms with Crippen LogP contribution in [0.15, 0.2) is 369 Å². The summed E-state index contributed by atoms with van der Waals surface area (Å²) >= 11 is 5.81. The van der Waals surface area contributed by atoms with Gasteiger partial charge >= 0.3 is 28.7 Å². The minimum Gasteiger partial charge on any atom is -0.507 e. The van der Waals surface area contributed by atoms with Crippen LogP contribution in [0.2, 0.25) is 0 Å². The molecule has 0 aliphatic carbocycles. The fourth-order valence-corrected chi connectivity index (χ4v) is 18.3. The first-order valence-corrected chi connectivity index (χ1v) is 43.4. The van der Waals surface area contributed by atoms with Crippen LogP contribution in [-0.2, 0) is 12.7 Å². The van der Waals surface area contributed by atoms with E-state index in [0.29, 0.717) is 124 Å². The summed E-state index contributed by atoms with van der Waals surface area (Å²) in [5.74, 6) is -2.13. The molecule has 19 aromatic rings. The number of alkyl halides is 3. The van der Waals surface area contributed by atoms with Crippen molar-refractivity contribution < 1.29 is 78.6 Å². The second kappa shape index (κ2) is 38.4. The van der Waals surface area contributed by atoms with Crippen LogP contribution in [-0.4, -0.2) is 60.0 Å². The van der Waals surface area contributed by atoms with Crippen LogP contribution >= 0.6 is 51.2 Å². The van der Waals surface area contributed by atoms with Crippen LogP contribution in [0.1, 0.15) is 22.3 Å². The summed E-state index contributed by atoms with van der Waals surface area (Å²) in [6.07, 6.45) is -4.52. The van der Waals surface area contributed by atoms with Gasteiger partial charge in [0.15, 0.2) is 39.6 Å². The molecule has 0 atom stereocenters. The molecule has 19 rings (SSSR count). The number of hydrogen-bond donors (Lipinski definition) is 4. The van der Waals surface area contributed by atoms with Crippen molar-refractivity contribution in [3.05, 3.63) is 406 Å². The van der Waals surface area contributed by atoms with Gasteiger partial charge in [0.2, 0.25) is 0 Å². The van der Waals surface area contributed by atoms with Crippen molar-refractivity contribution >= 4 is 117 Å². The van der Waals surface area contributed by atoms with Gasteiger partial charge in [-0.3, -0.25) is 32.9 Å². The predicted octanol–water partition coefficient (Wildman–Crippen LogP) is 21.6. The van der Waals surface area contributed by atoms with E-state index in [-0.39, 0.29) is 74.9 Å². The monoisotopic (exact) mass is 1930 g/mol. The molecule has 0 aliphatic heterocycles. The summed E-state index contributed by atoms with van der Waals surface area (Å²) in [6, 6.07) is 73.1. The summed E-state index contributed by atoms with van der Waals surface area (Å²) in [4.78, 5) is 105. The van der Waals surface area contributed by atoms with Gasteiger partial charge in [0.1, 0.15) is 76.7 Å². The molecule has 0 fully saturated rings. The van der Waals surface area contributed by atoms with Crippen LogP contribution in [0, 0.1) is 31.3 Å². The molecule has 33 heteroatoms. The Morgan fingerprint density at radius 3 is 1.40 bits per heavy atom. The number of aromatic nitrogens is 4. The Bertz CT molecular complexity index is 8440. The van der Waals surface area contributed by atoms with Gasteiger partial charge in [0.05, 0.1) is 79.0 Å². The Labute approximate surface area is 772 Å². The number of aryl methyl sites for hydroxylation is 2. The highest BCUT2D eigenvalue weighted by Crippen LogP contribution is 2.44. The number of hydrogen-bond acceptors (Lipinski definition) is 22. The standard InChI is InChI=1S/C29H20F3NO5S.C26H17F2NO5S.C25H16BrNO5S.C21H14FNO4/c1-16-23(17-7-4-3-5-8-17)33(19-9-6-10-20(15-19)37-2)27(35)22-24(34)26(28(36)38-25(16)22)39-21-13-11-18(12-14-21)29(30,31)32;1-33-16-9-10-17-19(12-16)29(13-14-5-4-6-15(27)11-14)25(31)21-22(30)24(26(32)34-23(17)21)35-20-8-3-2-7-18(20)28;1-31-16-8-5-7-15(13-16)27-19-11-3-2-10-18(19)22-20(24(27)29)21(28)23(25(30)32-22)33-17-9-4-6-14(26)12-17;1-12-19(13-6-3-2-4-7-13)23(15-9-5-8-14(22)10-15)21(26)18-16(24)11-17(25)27-20(12)18/h3-15,34H,1-2H3;2-12,30H,13H2,1H3;2-13,28H,1H3;2-11,24H,1H3. The van der Waals surface area contributed by atoms with E-state index in [1.54, 1.807) is 185 Å². The number of para-hydroxylation sites is 1. The molecule has 0 aliphatic rings. The highest BCUT2D eigenvalue weighted by atomic mass is 79.9. The van der Waals surface area contributed by atoms with Crippen molar-refractivity contribution in [2.45, 2.75) is 55.9 Å². The molecule has 8 heterocycles. The van der Waals surface area contributed by atoms with Gasteiger partial charge in [0, 0.05) is 59.3 Å². The van der Waals surface area contributed by atoms with Gasteiger partial charge in [0.25, 0.3) is 22.2 Å². The zero-order chi connectivity index (χ0) is 94.8. The first kappa shape index (κ1) is 91.6. The van der Waals surface area contributed by atoms with E-state index in [1.165, 1.54) is 99.2 Å². The molecular weight excluding hydrogens is 1860 g/mol. The van der Waals surface area contributed by atoms with Crippen LogP contribution in [0.5, 0.6) is 40.2 Å². The summed E-state index contributed by atoms with van der Waals surface area (Å²) in [5, 5.41) is 43.8. The second-order valence-corrected chi connectivity index (χ2v) is 33.7. The lowest BCUT2D eigenvalue weighted by Gasteiger charge is -2.19. The van der Waals surface area contributed by atoms with E-state index in [2.05, 4.69) is 15.9 Å². The molecule has 0 saturated heterocycles. The first-order chi connectivity index (χ1) is 64.4. The highest BCUT2D eigenvalue weighted by Gasteiger charge is 2.33. The Morgan fingerprint density at radius 2 is 0.843 bits per heavy atom. The normalized spacial score (nSPS) is 11.3. The molecule has 0 saturated carbocycles. The predicted molar refractivity (Wildman–Crippen MR) is 502 cm³/mol. The largest absolute Gasteiger partial charge is 0.507 e. The van der Waals surface area contributed by atoms with E-state index in [1.807, 2.05) is 30.3 Å². The fraction of sp³-hybridized carbons (Fsp3) is 0.0693. The molecule has 8 aromatic heterocycles.